The van der Waals surface area contributed by atoms with Gasteiger partial charge in [-0.15, -0.1) is 0 Å². The highest BCUT2D eigenvalue weighted by molar-refractivity contribution is 6.30. The monoisotopic (exact) mass is 394 g/mol. The molecule has 0 bridgehead atoms. The highest BCUT2D eigenvalue weighted by Gasteiger charge is 2.27. The Bertz CT molecular complexity index is 625. The number of ether oxygens (including phenoxy) is 1. The van der Waals surface area contributed by atoms with Gasteiger partial charge in [0.2, 0.25) is 5.91 Å². The summed E-state index contributed by atoms with van der Waals surface area (Å²) in [5, 5.41) is 3.70. The second-order valence-electron chi connectivity index (χ2n) is 8.20. The quantitative estimate of drug-likeness (QED) is 0.776. The molecule has 0 saturated carbocycles. The molecule has 27 heavy (non-hydrogen) atoms. The van der Waals surface area contributed by atoms with Gasteiger partial charge < -0.3 is 15.0 Å². The summed E-state index contributed by atoms with van der Waals surface area (Å²) in [6.45, 7) is 7.74. The maximum atomic E-state index is 12.2. The van der Waals surface area contributed by atoms with Crippen LogP contribution in [-0.2, 0) is 16.0 Å². The van der Waals surface area contributed by atoms with E-state index in [1.807, 2.05) is 45.0 Å². The van der Waals surface area contributed by atoms with E-state index in [2.05, 4.69) is 5.32 Å². The molecule has 0 radical (unpaired) electrons. The Hall–Kier alpha value is -1.75. The average molecular weight is 395 g/mol. The summed E-state index contributed by atoms with van der Waals surface area (Å²) in [4.78, 5) is 26.0. The second kappa shape index (κ2) is 9.98. The number of piperidine rings is 1. The number of carbonyl (C=O) groups is 2. The summed E-state index contributed by atoms with van der Waals surface area (Å²) in [5.74, 6) is 0.465. The number of aryl methyl sites for hydroxylation is 1. The van der Waals surface area contributed by atoms with Crippen molar-refractivity contribution in [3.63, 3.8) is 0 Å². The van der Waals surface area contributed by atoms with E-state index in [4.69, 9.17) is 16.3 Å². The maximum absolute atomic E-state index is 12.2. The van der Waals surface area contributed by atoms with Crippen molar-refractivity contribution in [2.45, 2.75) is 58.5 Å². The molecule has 1 heterocycles. The molecule has 5 nitrogen and oxygen atoms in total. The Morgan fingerprint density at radius 2 is 1.96 bits per heavy atom. The molecule has 1 unspecified atom stereocenters. The van der Waals surface area contributed by atoms with Crippen molar-refractivity contribution in [3.05, 3.63) is 34.9 Å². The number of hydrogen-bond acceptors (Lipinski definition) is 3. The van der Waals surface area contributed by atoms with Crippen molar-refractivity contribution in [2.75, 3.05) is 19.6 Å². The number of rotatable bonds is 6. The molecule has 1 N–H and O–H groups in total. The molecule has 1 aromatic carbocycles. The van der Waals surface area contributed by atoms with Gasteiger partial charge in [0.1, 0.15) is 5.60 Å². The Morgan fingerprint density at radius 1 is 1.26 bits per heavy atom. The van der Waals surface area contributed by atoms with Gasteiger partial charge in [0.25, 0.3) is 0 Å². The molecule has 0 aromatic heterocycles. The van der Waals surface area contributed by atoms with Crippen LogP contribution in [0.3, 0.4) is 0 Å². The first kappa shape index (κ1) is 21.5. The molecule has 0 aliphatic carbocycles. The number of carbonyl (C=O) groups excluding carboxylic acids is 2. The van der Waals surface area contributed by atoms with Gasteiger partial charge in [-0.2, -0.15) is 0 Å². The van der Waals surface area contributed by atoms with E-state index in [1.165, 1.54) is 0 Å². The molecule has 1 saturated heterocycles. The summed E-state index contributed by atoms with van der Waals surface area (Å²) in [6, 6.07) is 7.58. The summed E-state index contributed by atoms with van der Waals surface area (Å²) in [5.41, 5.74) is 0.636. The van der Waals surface area contributed by atoms with Crippen LogP contribution >= 0.6 is 11.6 Å². The predicted molar refractivity (Wildman–Crippen MR) is 108 cm³/mol. The molecular weight excluding hydrogens is 364 g/mol. The zero-order chi connectivity index (χ0) is 19.9. The van der Waals surface area contributed by atoms with E-state index in [9.17, 15) is 9.59 Å². The van der Waals surface area contributed by atoms with Crippen molar-refractivity contribution in [1.29, 1.82) is 0 Å². The largest absolute Gasteiger partial charge is 0.444 e. The summed E-state index contributed by atoms with van der Waals surface area (Å²) < 4.78 is 5.46. The zero-order valence-corrected chi connectivity index (χ0v) is 17.3. The molecule has 6 heteroatoms. The number of halogens is 1. The van der Waals surface area contributed by atoms with Crippen LogP contribution in [0.1, 0.15) is 52.0 Å². The van der Waals surface area contributed by atoms with E-state index >= 15 is 0 Å². The van der Waals surface area contributed by atoms with Gasteiger partial charge in [0.15, 0.2) is 0 Å². The Morgan fingerprint density at radius 3 is 2.63 bits per heavy atom. The number of hydrogen-bond donors (Lipinski definition) is 1. The van der Waals surface area contributed by atoms with E-state index in [1.54, 1.807) is 4.90 Å². The third-order valence-electron chi connectivity index (χ3n) is 4.60. The lowest BCUT2D eigenvalue weighted by molar-refractivity contribution is -0.121. The van der Waals surface area contributed by atoms with Crippen LogP contribution in [0.2, 0.25) is 5.02 Å². The van der Waals surface area contributed by atoms with Crippen LogP contribution in [0.4, 0.5) is 4.79 Å². The van der Waals surface area contributed by atoms with Crippen LogP contribution < -0.4 is 5.32 Å². The smallest absolute Gasteiger partial charge is 0.410 e. The number of likely N-dealkylation sites (tertiary alicyclic amines) is 1. The fourth-order valence-electron chi connectivity index (χ4n) is 3.21. The molecule has 1 atom stereocenters. The SMILES string of the molecule is CC(C)(C)OC(=O)N1CCCC(CCNC(=O)CCc2ccc(Cl)cc2)C1. The lowest BCUT2D eigenvalue weighted by Crippen LogP contribution is -2.43. The maximum Gasteiger partial charge on any atom is 0.410 e. The van der Waals surface area contributed by atoms with Crippen LogP contribution in [0, 0.1) is 5.92 Å². The molecule has 1 aliphatic rings. The topological polar surface area (TPSA) is 58.6 Å². The minimum Gasteiger partial charge on any atom is -0.444 e. The Balaban J connectivity index is 1.66. The standard InChI is InChI=1S/C21H31ClN2O3/c1-21(2,3)27-20(26)24-14-4-5-17(15-24)12-13-23-19(25)11-8-16-6-9-18(22)10-7-16/h6-7,9-10,17H,4-5,8,11-15H2,1-3H3,(H,23,25). The van der Waals surface area contributed by atoms with Gasteiger partial charge in [-0.25, -0.2) is 4.79 Å². The fraction of sp³-hybridized carbons (Fsp3) is 0.619. The minimum absolute atomic E-state index is 0.0600. The van der Waals surface area contributed by atoms with Crippen LogP contribution in [-0.4, -0.2) is 42.1 Å². The number of nitrogens with one attached hydrogen (secondary N) is 1. The molecule has 1 aromatic rings. The van der Waals surface area contributed by atoms with Crippen LogP contribution in [0.25, 0.3) is 0 Å². The number of benzene rings is 1. The zero-order valence-electron chi connectivity index (χ0n) is 16.6. The lowest BCUT2D eigenvalue weighted by atomic mass is 9.95. The van der Waals surface area contributed by atoms with Gasteiger partial charge in [-0.1, -0.05) is 23.7 Å². The van der Waals surface area contributed by atoms with E-state index < -0.39 is 5.60 Å². The molecular formula is C21H31ClN2O3. The molecule has 1 aliphatic heterocycles. The first-order valence-electron chi connectivity index (χ1n) is 9.72. The Labute approximate surface area is 167 Å². The minimum atomic E-state index is -0.470. The van der Waals surface area contributed by atoms with Gasteiger partial charge in [0.05, 0.1) is 0 Å². The van der Waals surface area contributed by atoms with E-state index in [0.717, 1.165) is 31.4 Å². The molecule has 150 valence electrons. The third kappa shape index (κ3) is 8.21. The van der Waals surface area contributed by atoms with Crippen molar-refractivity contribution >= 4 is 23.6 Å². The van der Waals surface area contributed by atoms with E-state index in [0.29, 0.717) is 36.9 Å². The number of nitrogens with zero attached hydrogens (tertiary/aromatic N) is 1. The lowest BCUT2D eigenvalue weighted by Gasteiger charge is -2.34. The highest BCUT2D eigenvalue weighted by Crippen LogP contribution is 2.21. The van der Waals surface area contributed by atoms with Gasteiger partial charge in [-0.3, -0.25) is 4.79 Å². The summed E-state index contributed by atoms with van der Waals surface area (Å²) in [6.07, 6.45) is 3.88. The first-order chi connectivity index (χ1) is 12.7. The van der Waals surface area contributed by atoms with E-state index in [-0.39, 0.29) is 12.0 Å². The number of amides is 2. The Kier molecular flexibility index (Phi) is 7.96. The summed E-state index contributed by atoms with van der Waals surface area (Å²) >= 11 is 5.87. The van der Waals surface area contributed by atoms with Crippen LogP contribution in [0.5, 0.6) is 0 Å². The summed E-state index contributed by atoms with van der Waals surface area (Å²) in [7, 11) is 0. The average Bonchev–Trinajstić information content (AvgIpc) is 2.60. The fourth-order valence-corrected chi connectivity index (χ4v) is 3.33. The molecule has 1 fully saturated rings. The second-order valence-corrected chi connectivity index (χ2v) is 8.64. The van der Waals surface area contributed by atoms with Crippen molar-refractivity contribution in [2.24, 2.45) is 5.92 Å². The van der Waals surface area contributed by atoms with Crippen LogP contribution in [0.15, 0.2) is 24.3 Å². The van der Waals surface area contributed by atoms with Crippen molar-refractivity contribution < 1.29 is 14.3 Å². The molecule has 2 amide bonds. The predicted octanol–water partition coefficient (Wildman–Crippen LogP) is 4.43. The van der Waals surface area contributed by atoms with Gasteiger partial charge in [-0.05, 0) is 70.1 Å². The van der Waals surface area contributed by atoms with Crippen molar-refractivity contribution in [1.82, 2.24) is 10.2 Å². The molecule has 0 spiro atoms. The normalized spacial score (nSPS) is 17.5. The third-order valence-corrected chi connectivity index (χ3v) is 4.85. The highest BCUT2D eigenvalue weighted by atomic mass is 35.5. The van der Waals surface area contributed by atoms with Gasteiger partial charge in [0, 0.05) is 31.1 Å². The first-order valence-corrected chi connectivity index (χ1v) is 10.1. The van der Waals surface area contributed by atoms with Gasteiger partial charge >= 0.3 is 6.09 Å². The molecule has 2 rings (SSSR count). The van der Waals surface area contributed by atoms with Crippen molar-refractivity contribution in [3.8, 4) is 0 Å².